The summed E-state index contributed by atoms with van der Waals surface area (Å²) in [4.78, 5) is 43.0. The minimum absolute atomic E-state index is 0.0891. The van der Waals surface area contributed by atoms with Crippen molar-refractivity contribution >= 4 is 28.3 Å². The molecule has 2 aliphatic rings. The molecule has 0 radical (unpaired) electrons. The van der Waals surface area contributed by atoms with E-state index in [4.69, 9.17) is 0 Å². The van der Waals surface area contributed by atoms with Crippen LogP contribution in [-0.4, -0.2) is 71.7 Å². The first-order chi connectivity index (χ1) is 22.3. The van der Waals surface area contributed by atoms with Gasteiger partial charge < -0.3 is 14.6 Å². The van der Waals surface area contributed by atoms with E-state index in [0.29, 0.717) is 37.0 Å². The Morgan fingerprint density at radius 2 is 1.83 bits per heavy atom. The quantitative estimate of drug-likeness (QED) is 0.275. The van der Waals surface area contributed by atoms with E-state index < -0.39 is 5.60 Å². The van der Waals surface area contributed by atoms with Crippen LogP contribution >= 0.6 is 11.3 Å². The Hall–Kier alpha value is -4.12. The molecule has 5 aromatic rings. The molecule has 1 aromatic carbocycles. The minimum Gasteiger partial charge on any atom is -0.388 e. The van der Waals surface area contributed by atoms with Crippen LogP contribution in [0.1, 0.15) is 41.3 Å². The average molecular weight is 637 g/mol. The summed E-state index contributed by atoms with van der Waals surface area (Å²) >= 11 is 1.81. The smallest absolute Gasteiger partial charge is 0.262 e. The zero-order chi connectivity index (χ0) is 31.8. The summed E-state index contributed by atoms with van der Waals surface area (Å²) in [5, 5.41) is 12.0. The molecule has 2 atom stereocenters. The lowest BCUT2D eigenvalue weighted by Crippen LogP contribution is -2.53. The number of pyridine rings is 1. The van der Waals surface area contributed by atoms with Crippen molar-refractivity contribution in [1.82, 2.24) is 28.9 Å². The van der Waals surface area contributed by atoms with E-state index in [9.17, 15) is 14.7 Å². The molecule has 6 heterocycles. The van der Waals surface area contributed by atoms with Crippen molar-refractivity contribution < 1.29 is 9.90 Å². The number of nitrogens with zero attached hydrogens (tertiary/aromatic N) is 6. The third kappa shape index (κ3) is 6.17. The van der Waals surface area contributed by atoms with Crippen molar-refractivity contribution in [3.63, 3.8) is 0 Å². The number of piperidine rings is 2. The highest BCUT2D eigenvalue weighted by atomic mass is 32.1. The summed E-state index contributed by atoms with van der Waals surface area (Å²) < 4.78 is 3.32. The van der Waals surface area contributed by atoms with Gasteiger partial charge in [0.2, 0.25) is 5.91 Å². The number of amides is 1. The van der Waals surface area contributed by atoms with E-state index in [1.165, 1.54) is 26.2 Å². The van der Waals surface area contributed by atoms with E-state index in [0.717, 1.165) is 37.3 Å². The number of hydrogen-bond donors (Lipinski definition) is 1. The number of likely N-dealkylation sites (tertiary alicyclic amines) is 2. The molecule has 2 saturated heterocycles. The number of rotatable bonds is 7. The Balaban J connectivity index is 1.02. The lowest BCUT2D eigenvalue weighted by Gasteiger charge is -2.43. The van der Waals surface area contributed by atoms with E-state index in [-0.39, 0.29) is 29.8 Å². The number of hydrogen-bond acceptors (Lipinski definition) is 7. The highest BCUT2D eigenvalue weighted by Gasteiger charge is 2.41. The van der Waals surface area contributed by atoms with Crippen LogP contribution in [0.25, 0.3) is 21.5 Å². The number of benzene rings is 1. The summed E-state index contributed by atoms with van der Waals surface area (Å²) in [5.74, 6) is 0.145. The van der Waals surface area contributed by atoms with Gasteiger partial charge in [-0.3, -0.25) is 24.0 Å². The summed E-state index contributed by atoms with van der Waals surface area (Å²) in [6.07, 6.45) is 6.91. The number of thiophene rings is 1. The van der Waals surface area contributed by atoms with Crippen LogP contribution in [0.5, 0.6) is 0 Å². The number of fused-ring (bicyclic) bond motifs is 1. The first-order valence-corrected chi connectivity index (χ1v) is 16.9. The van der Waals surface area contributed by atoms with Crippen LogP contribution in [0.4, 0.5) is 0 Å². The van der Waals surface area contributed by atoms with Gasteiger partial charge >= 0.3 is 0 Å². The maximum Gasteiger partial charge on any atom is 0.262 e. The van der Waals surface area contributed by atoms with Gasteiger partial charge in [-0.25, -0.2) is 4.98 Å². The normalized spacial score (nSPS) is 20.3. The van der Waals surface area contributed by atoms with Gasteiger partial charge in [-0.05, 0) is 62.6 Å². The highest BCUT2D eigenvalue weighted by molar-refractivity contribution is 7.15. The topological polar surface area (TPSA) is 96.5 Å². The van der Waals surface area contributed by atoms with E-state index in [2.05, 4.69) is 57.3 Å². The zero-order valence-corrected chi connectivity index (χ0v) is 27.2. The van der Waals surface area contributed by atoms with Crippen molar-refractivity contribution in [2.45, 2.75) is 50.8 Å². The van der Waals surface area contributed by atoms with E-state index in [1.54, 1.807) is 6.07 Å². The van der Waals surface area contributed by atoms with Crippen molar-refractivity contribution in [1.29, 1.82) is 0 Å². The Morgan fingerprint density at radius 3 is 2.59 bits per heavy atom. The molecule has 0 aliphatic carbocycles. The van der Waals surface area contributed by atoms with Gasteiger partial charge in [0, 0.05) is 78.5 Å². The highest BCUT2D eigenvalue weighted by Crippen LogP contribution is 2.37. The fourth-order valence-corrected chi connectivity index (χ4v) is 8.14. The number of carbonyl (C=O) groups is 1. The van der Waals surface area contributed by atoms with Crippen LogP contribution in [0, 0.1) is 12.8 Å². The second-order valence-electron chi connectivity index (χ2n) is 13.0. The first kappa shape index (κ1) is 30.5. The van der Waals surface area contributed by atoms with Gasteiger partial charge in [-0.1, -0.05) is 36.4 Å². The van der Waals surface area contributed by atoms with E-state index in [1.807, 2.05) is 59.3 Å². The van der Waals surface area contributed by atoms with Crippen LogP contribution < -0.4 is 5.56 Å². The molecule has 4 aromatic heterocycles. The molecule has 0 bridgehead atoms. The van der Waals surface area contributed by atoms with Gasteiger partial charge in [-0.15, -0.1) is 11.3 Å². The van der Waals surface area contributed by atoms with Gasteiger partial charge in [0.15, 0.2) is 0 Å². The van der Waals surface area contributed by atoms with Crippen LogP contribution in [-0.2, 0) is 24.9 Å². The Morgan fingerprint density at radius 1 is 1.02 bits per heavy atom. The van der Waals surface area contributed by atoms with Crippen molar-refractivity contribution in [3.8, 4) is 10.4 Å². The van der Waals surface area contributed by atoms with E-state index >= 15 is 0 Å². The molecule has 238 valence electrons. The van der Waals surface area contributed by atoms with Crippen molar-refractivity contribution in [2.75, 3.05) is 26.2 Å². The van der Waals surface area contributed by atoms with Gasteiger partial charge in [0.25, 0.3) is 5.56 Å². The lowest BCUT2D eigenvalue weighted by atomic mass is 9.79. The fraction of sp³-hybridized carbons (Fsp3) is 0.389. The monoisotopic (exact) mass is 636 g/mol. The predicted octanol–water partition coefficient (Wildman–Crippen LogP) is 4.83. The number of aryl methyl sites for hydroxylation is 2. The molecule has 10 heteroatoms. The SMILES string of the molecule is Cc1ccc(-c2ccc(CN3CC[C@@H](C(=O)N4CCC(O)(Cn5cnc6c(ccn6C)c5=O)CC4)[C@H](c4ccccc4)C3)s2)cn1. The lowest BCUT2D eigenvalue weighted by molar-refractivity contribution is -0.142. The first-order valence-electron chi connectivity index (χ1n) is 16.1. The van der Waals surface area contributed by atoms with Gasteiger partial charge in [-0.2, -0.15) is 0 Å². The molecule has 1 amide bonds. The van der Waals surface area contributed by atoms with Crippen molar-refractivity contribution in [2.24, 2.45) is 13.0 Å². The zero-order valence-electron chi connectivity index (χ0n) is 26.4. The summed E-state index contributed by atoms with van der Waals surface area (Å²) in [7, 11) is 1.86. The number of carbonyl (C=O) groups excluding carboxylic acids is 1. The maximum absolute atomic E-state index is 14.1. The standard InChI is InChI=1S/C36H40N6O3S/c1-25-8-9-27(20-37-25)32-11-10-28(46-32)21-40-17-13-29(31(22-40)26-6-4-3-5-7-26)34(43)41-18-14-36(45,15-19-41)23-42-24-38-33-30(35(42)44)12-16-39(33)2/h3-12,16,20,24,29,31,45H,13-15,17-19,21-23H2,1-2H3/t29-,31+/m1/s1. The fourth-order valence-electron chi connectivity index (χ4n) is 7.09. The molecule has 1 N–H and O–H groups in total. The summed E-state index contributed by atoms with van der Waals surface area (Å²) in [6.45, 7) is 5.64. The third-order valence-electron chi connectivity index (χ3n) is 9.80. The predicted molar refractivity (Wildman–Crippen MR) is 181 cm³/mol. The second-order valence-corrected chi connectivity index (χ2v) is 14.2. The molecule has 7 rings (SSSR count). The molecule has 2 fully saturated rings. The Kier molecular flexibility index (Phi) is 8.35. The van der Waals surface area contributed by atoms with Crippen LogP contribution in [0.3, 0.4) is 0 Å². The average Bonchev–Trinajstić information content (AvgIpc) is 3.70. The Labute approximate surface area is 272 Å². The molecule has 0 unspecified atom stereocenters. The van der Waals surface area contributed by atoms with Gasteiger partial charge in [0.1, 0.15) is 12.0 Å². The van der Waals surface area contributed by atoms with Crippen LogP contribution in [0.2, 0.25) is 0 Å². The molecule has 2 aliphatic heterocycles. The molecular weight excluding hydrogens is 597 g/mol. The summed E-state index contributed by atoms with van der Waals surface area (Å²) in [5.41, 5.74) is 2.76. The molecular formula is C36H40N6O3S. The van der Waals surface area contributed by atoms with Crippen LogP contribution in [0.15, 0.2) is 84.2 Å². The molecule has 0 spiro atoms. The maximum atomic E-state index is 14.1. The molecule has 46 heavy (non-hydrogen) atoms. The Bertz CT molecular complexity index is 1890. The van der Waals surface area contributed by atoms with Crippen molar-refractivity contribution in [3.05, 3.63) is 106 Å². The number of aromatic nitrogens is 4. The third-order valence-corrected chi connectivity index (χ3v) is 10.9. The molecule has 0 saturated carbocycles. The largest absolute Gasteiger partial charge is 0.388 e. The minimum atomic E-state index is -1.07. The molecule has 9 nitrogen and oxygen atoms in total. The second kappa shape index (κ2) is 12.6. The van der Waals surface area contributed by atoms with Gasteiger partial charge in [0.05, 0.1) is 17.5 Å². The summed E-state index contributed by atoms with van der Waals surface area (Å²) in [6, 6.07) is 20.8. The number of aliphatic hydroxyl groups is 1.